The van der Waals surface area contributed by atoms with Crippen LogP contribution >= 0.6 is 15.9 Å². The molecule has 3 aromatic rings. The predicted molar refractivity (Wildman–Crippen MR) is 94.0 cm³/mol. The summed E-state index contributed by atoms with van der Waals surface area (Å²) in [5.41, 5.74) is 1.90. The zero-order valence-electron chi connectivity index (χ0n) is 11.9. The van der Waals surface area contributed by atoms with Crippen molar-refractivity contribution in [1.29, 1.82) is 0 Å². The quantitative estimate of drug-likeness (QED) is 0.618. The van der Waals surface area contributed by atoms with E-state index >= 15 is 0 Å². The van der Waals surface area contributed by atoms with Crippen molar-refractivity contribution in [2.24, 2.45) is 0 Å². The Kier molecular flexibility index (Phi) is 3.16. The highest BCUT2D eigenvalue weighted by Crippen LogP contribution is 2.31. The number of carbonyl (C=O) groups excluding carboxylic acids is 2. The summed E-state index contributed by atoms with van der Waals surface area (Å²) in [5.74, 6) is -0.580. The van der Waals surface area contributed by atoms with Gasteiger partial charge in [-0.3, -0.25) is 9.59 Å². The van der Waals surface area contributed by atoms with Gasteiger partial charge >= 0.3 is 0 Å². The van der Waals surface area contributed by atoms with Crippen molar-refractivity contribution >= 4 is 49.9 Å². The van der Waals surface area contributed by atoms with Crippen molar-refractivity contribution in [3.05, 3.63) is 70.2 Å². The fourth-order valence-corrected chi connectivity index (χ4v) is 3.24. The molecule has 1 aliphatic heterocycles. The van der Waals surface area contributed by atoms with Crippen LogP contribution in [0.2, 0.25) is 0 Å². The highest BCUT2D eigenvalue weighted by molar-refractivity contribution is 9.10. The summed E-state index contributed by atoms with van der Waals surface area (Å²) in [4.78, 5) is 25.2. The number of rotatable bonds is 0. The van der Waals surface area contributed by atoms with Crippen LogP contribution in [0, 0.1) is 0 Å². The Morgan fingerprint density at radius 2 is 1.35 bits per heavy atom. The standard InChI is InChI=1S/C18H11BrN2O2/c19-14-5-3-4-10-8-12-13(9-11(10)14)18(23)21-16-7-2-1-6-15(16)20-17(12)22/h1-9H,(H,20,22)(H,21,23). The molecule has 1 aliphatic rings. The first-order valence-electron chi connectivity index (χ1n) is 7.07. The van der Waals surface area contributed by atoms with Crippen molar-refractivity contribution in [3.63, 3.8) is 0 Å². The smallest absolute Gasteiger partial charge is 0.256 e. The number of amides is 2. The SMILES string of the molecule is O=C1Nc2ccccc2NC(=O)c2cc3c(Br)cccc3cc21. The Labute approximate surface area is 140 Å². The molecule has 4 nitrogen and oxygen atoms in total. The summed E-state index contributed by atoms with van der Waals surface area (Å²) in [7, 11) is 0. The van der Waals surface area contributed by atoms with Crippen molar-refractivity contribution < 1.29 is 9.59 Å². The molecule has 0 saturated heterocycles. The molecule has 0 atom stereocenters. The molecule has 3 aromatic carbocycles. The van der Waals surface area contributed by atoms with Gasteiger partial charge in [-0.1, -0.05) is 40.2 Å². The minimum absolute atomic E-state index is 0.288. The first-order valence-corrected chi connectivity index (χ1v) is 7.87. The van der Waals surface area contributed by atoms with Crippen molar-refractivity contribution in [2.45, 2.75) is 0 Å². The van der Waals surface area contributed by atoms with E-state index in [9.17, 15) is 9.59 Å². The molecule has 0 saturated carbocycles. The lowest BCUT2D eigenvalue weighted by molar-refractivity contribution is 0.0988. The third kappa shape index (κ3) is 2.29. The third-order valence-electron chi connectivity index (χ3n) is 3.88. The lowest BCUT2D eigenvalue weighted by atomic mass is 9.98. The fourth-order valence-electron chi connectivity index (χ4n) is 2.74. The molecule has 0 aromatic heterocycles. The van der Waals surface area contributed by atoms with E-state index < -0.39 is 0 Å². The van der Waals surface area contributed by atoms with Crippen LogP contribution in [0.4, 0.5) is 11.4 Å². The average molecular weight is 367 g/mol. The number of halogens is 1. The summed E-state index contributed by atoms with van der Waals surface area (Å²) in [6.45, 7) is 0. The van der Waals surface area contributed by atoms with Crippen molar-refractivity contribution in [1.82, 2.24) is 0 Å². The van der Waals surface area contributed by atoms with Gasteiger partial charge in [0.15, 0.2) is 0 Å². The Morgan fingerprint density at radius 1 is 0.739 bits per heavy atom. The normalized spacial score (nSPS) is 13.4. The van der Waals surface area contributed by atoms with Crippen LogP contribution < -0.4 is 10.6 Å². The molecule has 2 amide bonds. The number of hydrogen-bond acceptors (Lipinski definition) is 2. The zero-order chi connectivity index (χ0) is 16.0. The Bertz CT molecular complexity index is 982. The van der Waals surface area contributed by atoms with E-state index in [2.05, 4.69) is 26.6 Å². The molecular formula is C18H11BrN2O2. The summed E-state index contributed by atoms with van der Waals surface area (Å²) in [5, 5.41) is 7.50. The van der Waals surface area contributed by atoms with Gasteiger partial charge in [0.05, 0.1) is 22.5 Å². The molecule has 0 aliphatic carbocycles. The number of carbonyl (C=O) groups is 2. The first kappa shape index (κ1) is 14.0. The second-order valence-electron chi connectivity index (χ2n) is 5.31. The van der Waals surface area contributed by atoms with E-state index in [-0.39, 0.29) is 11.8 Å². The van der Waals surface area contributed by atoms with Crippen LogP contribution in [0.3, 0.4) is 0 Å². The Balaban J connectivity index is 1.96. The number of nitrogens with one attached hydrogen (secondary N) is 2. The molecule has 0 radical (unpaired) electrons. The maximum atomic E-state index is 12.6. The van der Waals surface area contributed by atoms with Crippen LogP contribution in [0.5, 0.6) is 0 Å². The molecule has 0 bridgehead atoms. The summed E-state index contributed by atoms with van der Waals surface area (Å²) < 4.78 is 0.883. The van der Waals surface area contributed by atoms with E-state index in [0.29, 0.717) is 22.5 Å². The largest absolute Gasteiger partial charge is 0.320 e. The van der Waals surface area contributed by atoms with Crippen LogP contribution in [-0.4, -0.2) is 11.8 Å². The second-order valence-corrected chi connectivity index (χ2v) is 6.17. The van der Waals surface area contributed by atoms with Gasteiger partial charge in [-0.2, -0.15) is 0 Å². The lowest BCUT2D eigenvalue weighted by Crippen LogP contribution is -2.24. The molecule has 0 fully saturated rings. The minimum Gasteiger partial charge on any atom is -0.320 e. The number of hydrogen-bond donors (Lipinski definition) is 2. The molecule has 23 heavy (non-hydrogen) atoms. The highest BCUT2D eigenvalue weighted by Gasteiger charge is 2.23. The molecule has 5 heteroatoms. The molecule has 0 spiro atoms. The first-order chi connectivity index (χ1) is 11.1. The van der Waals surface area contributed by atoms with Gasteiger partial charge in [0.25, 0.3) is 11.8 Å². The van der Waals surface area contributed by atoms with Crippen LogP contribution in [0.1, 0.15) is 20.7 Å². The van der Waals surface area contributed by atoms with Crippen LogP contribution in [-0.2, 0) is 0 Å². The maximum absolute atomic E-state index is 12.6. The number of benzene rings is 3. The Hall–Kier alpha value is -2.66. The van der Waals surface area contributed by atoms with E-state index in [1.165, 1.54) is 0 Å². The van der Waals surface area contributed by atoms with E-state index in [4.69, 9.17) is 0 Å². The second kappa shape index (κ2) is 5.21. The minimum atomic E-state index is -0.292. The molecule has 112 valence electrons. The van der Waals surface area contributed by atoms with Gasteiger partial charge in [0, 0.05) is 4.47 Å². The van der Waals surface area contributed by atoms with Gasteiger partial charge in [-0.05, 0) is 41.1 Å². The monoisotopic (exact) mass is 366 g/mol. The van der Waals surface area contributed by atoms with E-state index in [1.807, 2.05) is 30.3 Å². The van der Waals surface area contributed by atoms with E-state index in [1.54, 1.807) is 24.3 Å². The highest BCUT2D eigenvalue weighted by atomic mass is 79.9. The zero-order valence-corrected chi connectivity index (χ0v) is 13.5. The van der Waals surface area contributed by atoms with Crippen molar-refractivity contribution in [3.8, 4) is 0 Å². The summed E-state index contributed by atoms with van der Waals surface area (Å²) in [6.07, 6.45) is 0. The Morgan fingerprint density at radius 3 is 2.00 bits per heavy atom. The molecule has 0 unspecified atom stereocenters. The van der Waals surface area contributed by atoms with Gasteiger partial charge < -0.3 is 10.6 Å². The lowest BCUT2D eigenvalue weighted by Gasteiger charge is -2.18. The predicted octanol–water partition coefficient (Wildman–Crippen LogP) is 4.42. The van der Waals surface area contributed by atoms with Gasteiger partial charge in [-0.15, -0.1) is 0 Å². The third-order valence-corrected chi connectivity index (χ3v) is 4.57. The number of para-hydroxylation sites is 2. The molecule has 4 rings (SSSR count). The summed E-state index contributed by atoms with van der Waals surface area (Å²) >= 11 is 3.49. The maximum Gasteiger partial charge on any atom is 0.256 e. The van der Waals surface area contributed by atoms with Gasteiger partial charge in [0.2, 0.25) is 0 Å². The topological polar surface area (TPSA) is 58.2 Å². The number of fused-ring (bicyclic) bond motifs is 3. The average Bonchev–Trinajstić information content (AvgIpc) is 2.55. The van der Waals surface area contributed by atoms with E-state index in [0.717, 1.165) is 15.2 Å². The fraction of sp³-hybridized carbons (Fsp3) is 0. The van der Waals surface area contributed by atoms with Gasteiger partial charge in [0.1, 0.15) is 0 Å². The van der Waals surface area contributed by atoms with Gasteiger partial charge in [-0.25, -0.2) is 0 Å². The molecule has 1 heterocycles. The van der Waals surface area contributed by atoms with Crippen LogP contribution in [0.15, 0.2) is 59.1 Å². The van der Waals surface area contributed by atoms with Crippen LogP contribution in [0.25, 0.3) is 10.8 Å². The molecular weight excluding hydrogens is 356 g/mol. The number of anilines is 2. The molecule has 2 N–H and O–H groups in total. The van der Waals surface area contributed by atoms with Crippen molar-refractivity contribution in [2.75, 3.05) is 10.6 Å². The summed E-state index contributed by atoms with van der Waals surface area (Å²) in [6, 6.07) is 16.4.